The van der Waals surface area contributed by atoms with Crippen LogP contribution in [-0.2, 0) is 30.3 Å². The van der Waals surface area contributed by atoms with Gasteiger partial charge in [0, 0.05) is 44.4 Å². The van der Waals surface area contributed by atoms with Gasteiger partial charge in [-0.2, -0.15) is 0 Å². The monoisotopic (exact) mass is 344 g/mol. The van der Waals surface area contributed by atoms with Gasteiger partial charge in [-0.3, -0.25) is 4.79 Å². The molecule has 0 aliphatic carbocycles. The molecule has 1 amide bonds. The predicted molar refractivity (Wildman–Crippen MR) is 90.7 cm³/mol. The summed E-state index contributed by atoms with van der Waals surface area (Å²) in [5.41, 5.74) is 2.42. The lowest BCUT2D eigenvalue weighted by Gasteiger charge is -2.29. The first-order valence-corrected chi connectivity index (χ1v) is 8.04. The van der Waals surface area contributed by atoms with E-state index in [0.717, 1.165) is 17.7 Å². The molecule has 3 rings (SSSR count). The van der Waals surface area contributed by atoms with Crippen molar-refractivity contribution in [3.63, 3.8) is 0 Å². The van der Waals surface area contributed by atoms with Crippen LogP contribution in [0.15, 0.2) is 30.0 Å². The minimum Gasteiger partial charge on any atom is -0.419 e. The number of benzene rings is 1. The maximum Gasteiger partial charge on any atom is 0.350 e. The van der Waals surface area contributed by atoms with Crippen molar-refractivity contribution >= 4 is 29.2 Å². The van der Waals surface area contributed by atoms with Crippen LogP contribution >= 0.6 is 0 Å². The number of cyclic esters (lactones) is 2. The molecule has 2 heterocycles. The van der Waals surface area contributed by atoms with Crippen molar-refractivity contribution < 1.29 is 23.9 Å². The Morgan fingerprint density at radius 3 is 2.52 bits per heavy atom. The van der Waals surface area contributed by atoms with Gasteiger partial charge in [0.05, 0.1) is 0 Å². The number of esters is 2. The van der Waals surface area contributed by atoms with E-state index < -0.39 is 17.7 Å². The molecule has 1 unspecified atom stereocenters. The average molecular weight is 344 g/mol. The lowest BCUT2D eigenvalue weighted by atomic mass is 10.1. The maximum absolute atomic E-state index is 11.9. The normalized spacial score (nSPS) is 21.4. The third kappa shape index (κ3) is 3.22. The highest BCUT2D eigenvalue weighted by molar-refractivity contribution is 6.15. The first-order chi connectivity index (χ1) is 11.7. The lowest BCUT2D eigenvalue weighted by molar-refractivity contribution is -0.222. The predicted octanol–water partition coefficient (Wildman–Crippen LogP) is 2.12. The van der Waals surface area contributed by atoms with Crippen LogP contribution in [-0.4, -0.2) is 29.7 Å². The highest BCUT2D eigenvalue weighted by atomic mass is 16.7. The topological polar surface area (TPSA) is 84.9 Å². The molecule has 2 aliphatic rings. The van der Waals surface area contributed by atoms with Gasteiger partial charge in [0.2, 0.25) is 5.91 Å². The Morgan fingerprint density at radius 2 is 1.92 bits per heavy atom. The van der Waals surface area contributed by atoms with Gasteiger partial charge in [-0.25, -0.2) is 9.59 Å². The van der Waals surface area contributed by atoms with Crippen molar-refractivity contribution in [2.75, 3.05) is 10.2 Å². The number of nitrogens with one attached hydrogen (secondary N) is 1. The zero-order valence-corrected chi connectivity index (χ0v) is 14.6. The summed E-state index contributed by atoms with van der Waals surface area (Å²) < 4.78 is 10.1. The van der Waals surface area contributed by atoms with Crippen molar-refractivity contribution in [1.29, 1.82) is 0 Å². The summed E-state index contributed by atoms with van der Waals surface area (Å²) in [5.74, 6) is -2.72. The van der Waals surface area contributed by atoms with Crippen molar-refractivity contribution in [3.05, 3.63) is 35.5 Å². The SMILES string of the molecule is CC(=O)N1c2ccc(NC=C3C(=O)OC(C)(C)OC3=O)cc2CC1C. The van der Waals surface area contributed by atoms with Crippen LogP contribution in [0.2, 0.25) is 0 Å². The van der Waals surface area contributed by atoms with Crippen LogP contribution < -0.4 is 10.2 Å². The van der Waals surface area contributed by atoms with E-state index in [0.29, 0.717) is 5.69 Å². The number of hydrogen-bond acceptors (Lipinski definition) is 6. The molecule has 25 heavy (non-hydrogen) atoms. The fourth-order valence-electron chi connectivity index (χ4n) is 3.13. The zero-order chi connectivity index (χ0) is 18.4. The number of ether oxygens (including phenoxy) is 2. The zero-order valence-electron chi connectivity index (χ0n) is 14.6. The fraction of sp³-hybridized carbons (Fsp3) is 0.389. The van der Waals surface area contributed by atoms with Crippen molar-refractivity contribution in [2.24, 2.45) is 0 Å². The smallest absolute Gasteiger partial charge is 0.350 e. The van der Waals surface area contributed by atoms with Crippen molar-refractivity contribution in [2.45, 2.75) is 45.9 Å². The first-order valence-electron chi connectivity index (χ1n) is 8.04. The van der Waals surface area contributed by atoms with E-state index in [4.69, 9.17) is 9.47 Å². The number of carbonyl (C=O) groups excluding carboxylic acids is 3. The Morgan fingerprint density at radius 1 is 1.28 bits per heavy atom. The molecule has 7 heteroatoms. The number of fused-ring (bicyclic) bond motifs is 1. The van der Waals surface area contributed by atoms with Gasteiger partial charge in [-0.1, -0.05) is 0 Å². The average Bonchev–Trinajstić information content (AvgIpc) is 2.80. The molecule has 0 radical (unpaired) electrons. The van der Waals surface area contributed by atoms with Gasteiger partial charge in [-0.15, -0.1) is 0 Å². The van der Waals surface area contributed by atoms with Gasteiger partial charge in [0.25, 0.3) is 5.79 Å². The quantitative estimate of drug-likeness (QED) is 0.502. The molecule has 132 valence electrons. The van der Waals surface area contributed by atoms with Crippen LogP contribution in [0, 0.1) is 0 Å². The molecule has 1 saturated heterocycles. The summed E-state index contributed by atoms with van der Waals surface area (Å²) in [6, 6.07) is 5.64. The molecule has 1 atom stereocenters. The second-order valence-electron chi connectivity index (χ2n) is 6.67. The summed E-state index contributed by atoms with van der Waals surface area (Å²) in [4.78, 5) is 37.3. The van der Waals surface area contributed by atoms with Crippen LogP contribution in [0.25, 0.3) is 0 Å². The molecule has 1 N–H and O–H groups in total. The van der Waals surface area contributed by atoms with E-state index in [-0.39, 0.29) is 17.5 Å². The number of hydrogen-bond donors (Lipinski definition) is 1. The Labute approximate surface area is 145 Å². The standard InChI is InChI=1S/C18H20N2O5/c1-10-7-12-8-13(5-6-15(12)20(10)11(2)21)19-9-14-16(22)24-18(3,4)25-17(14)23/h5-6,8-10,19H,7H2,1-4H3. The third-order valence-corrected chi connectivity index (χ3v) is 4.13. The molecule has 0 spiro atoms. The molecular formula is C18H20N2O5. The number of nitrogens with zero attached hydrogens (tertiary/aromatic N) is 1. The molecule has 1 aromatic rings. The first kappa shape index (κ1) is 17.0. The number of carbonyl (C=O) groups is 3. The highest BCUT2D eigenvalue weighted by Crippen LogP contribution is 2.34. The molecule has 1 aromatic carbocycles. The summed E-state index contributed by atoms with van der Waals surface area (Å²) in [6.07, 6.45) is 2.03. The minimum absolute atomic E-state index is 0.00406. The maximum atomic E-state index is 11.9. The number of anilines is 2. The summed E-state index contributed by atoms with van der Waals surface area (Å²) in [6.45, 7) is 6.53. The van der Waals surface area contributed by atoms with Gasteiger partial charge in [0.15, 0.2) is 5.57 Å². The third-order valence-electron chi connectivity index (χ3n) is 4.13. The lowest BCUT2D eigenvalue weighted by Crippen LogP contribution is -2.42. The van der Waals surface area contributed by atoms with Crippen LogP contribution in [0.1, 0.15) is 33.3 Å². The van der Waals surface area contributed by atoms with Crippen LogP contribution in [0.3, 0.4) is 0 Å². The minimum atomic E-state index is -1.26. The van der Waals surface area contributed by atoms with Crippen LogP contribution in [0.5, 0.6) is 0 Å². The van der Waals surface area contributed by atoms with E-state index >= 15 is 0 Å². The molecule has 0 saturated carbocycles. The van der Waals surface area contributed by atoms with Gasteiger partial charge < -0.3 is 19.7 Å². The van der Waals surface area contributed by atoms with E-state index in [2.05, 4.69) is 5.32 Å². The fourth-order valence-corrected chi connectivity index (χ4v) is 3.13. The summed E-state index contributed by atoms with van der Waals surface area (Å²) in [5, 5.41) is 2.92. The molecule has 0 bridgehead atoms. The van der Waals surface area contributed by atoms with Gasteiger partial charge in [-0.05, 0) is 37.1 Å². The summed E-state index contributed by atoms with van der Waals surface area (Å²) >= 11 is 0. The second-order valence-corrected chi connectivity index (χ2v) is 6.67. The van der Waals surface area contributed by atoms with E-state index in [1.165, 1.54) is 20.0 Å². The van der Waals surface area contributed by atoms with E-state index in [1.54, 1.807) is 17.9 Å². The van der Waals surface area contributed by atoms with Crippen molar-refractivity contribution in [1.82, 2.24) is 0 Å². The molecule has 2 aliphatic heterocycles. The number of amides is 1. The van der Waals surface area contributed by atoms with Gasteiger partial charge >= 0.3 is 11.9 Å². The molecule has 1 fully saturated rings. The molecular weight excluding hydrogens is 324 g/mol. The highest BCUT2D eigenvalue weighted by Gasteiger charge is 2.39. The number of rotatable bonds is 2. The van der Waals surface area contributed by atoms with E-state index in [1.807, 2.05) is 19.1 Å². The van der Waals surface area contributed by atoms with Crippen molar-refractivity contribution in [3.8, 4) is 0 Å². The Hall–Kier alpha value is -2.83. The Bertz CT molecular complexity index is 775. The Balaban J connectivity index is 1.79. The second kappa shape index (κ2) is 5.91. The van der Waals surface area contributed by atoms with E-state index in [9.17, 15) is 14.4 Å². The summed E-state index contributed by atoms with van der Waals surface area (Å²) in [7, 11) is 0. The van der Waals surface area contributed by atoms with Crippen LogP contribution in [0.4, 0.5) is 11.4 Å². The van der Waals surface area contributed by atoms with Gasteiger partial charge in [0.1, 0.15) is 0 Å². The molecule has 0 aromatic heterocycles. The Kier molecular flexibility index (Phi) is 4.02. The molecule has 7 nitrogen and oxygen atoms in total. The largest absolute Gasteiger partial charge is 0.419 e.